The Hall–Kier alpha value is -3.66. The van der Waals surface area contributed by atoms with Gasteiger partial charge in [-0.3, -0.25) is 4.79 Å². The number of nitrogens with zero attached hydrogens (tertiary/aromatic N) is 4. The number of fused-ring (bicyclic) bond motifs is 2. The molecule has 2 aliphatic rings. The maximum Gasteiger partial charge on any atom is 0.256 e. The molecule has 1 amide bonds. The van der Waals surface area contributed by atoms with Crippen LogP contribution >= 0.6 is 0 Å². The summed E-state index contributed by atoms with van der Waals surface area (Å²) in [4.78, 5) is 25.8. The first kappa shape index (κ1) is 20.9. The van der Waals surface area contributed by atoms with E-state index < -0.39 is 6.29 Å². The molecule has 4 unspecified atom stereocenters. The number of amides is 1. The molecule has 0 spiro atoms. The molecule has 6 rings (SSSR count). The zero-order valence-electron chi connectivity index (χ0n) is 18.3. The molecule has 4 heterocycles. The quantitative estimate of drug-likeness (QED) is 0.500. The molecule has 34 heavy (non-hydrogen) atoms. The van der Waals surface area contributed by atoms with Gasteiger partial charge in [-0.2, -0.15) is 0 Å². The van der Waals surface area contributed by atoms with Gasteiger partial charge in [-0.15, -0.1) is 0 Å². The van der Waals surface area contributed by atoms with Gasteiger partial charge in [0.2, 0.25) is 0 Å². The number of aromatic nitrogens is 4. The van der Waals surface area contributed by atoms with Crippen LogP contribution in [0.1, 0.15) is 34.7 Å². The van der Waals surface area contributed by atoms with E-state index in [1.165, 1.54) is 6.33 Å². The Kier molecular flexibility index (Phi) is 5.50. The molecule has 0 saturated carbocycles. The van der Waals surface area contributed by atoms with Crippen LogP contribution in [-0.2, 0) is 14.2 Å². The van der Waals surface area contributed by atoms with Gasteiger partial charge in [0.05, 0.1) is 31.7 Å². The van der Waals surface area contributed by atoms with Crippen molar-refractivity contribution in [3.05, 3.63) is 84.4 Å². The molecule has 4 aromatic rings. The highest BCUT2D eigenvalue weighted by Gasteiger charge is 2.39. The Morgan fingerprint density at radius 2 is 1.71 bits per heavy atom. The van der Waals surface area contributed by atoms with Crippen LogP contribution in [0.5, 0.6) is 0 Å². The average Bonchev–Trinajstić information content (AvgIpc) is 3.34. The van der Waals surface area contributed by atoms with Crippen molar-refractivity contribution in [3.8, 4) is 0 Å². The highest BCUT2D eigenvalue weighted by atomic mass is 16.7. The van der Waals surface area contributed by atoms with E-state index in [1.54, 1.807) is 18.5 Å². The fourth-order valence-electron chi connectivity index (χ4n) is 4.47. The lowest BCUT2D eigenvalue weighted by Crippen LogP contribution is -2.47. The SMILES string of the molecule is O=C(Nc1ncnc2c1ncn2C1COC2COC(c3ccccc3)OC2C1)c1ccccc1. The lowest BCUT2D eigenvalue weighted by Gasteiger charge is -2.42. The molecule has 2 aromatic carbocycles. The van der Waals surface area contributed by atoms with Crippen molar-refractivity contribution in [3.63, 3.8) is 0 Å². The van der Waals surface area contributed by atoms with Crippen molar-refractivity contribution in [2.24, 2.45) is 0 Å². The Morgan fingerprint density at radius 3 is 2.53 bits per heavy atom. The molecule has 2 aliphatic heterocycles. The summed E-state index contributed by atoms with van der Waals surface area (Å²) in [5.74, 6) is 0.125. The lowest BCUT2D eigenvalue weighted by molar-refractivity contribution is -0.282. The average molecular weight is 457 g/mol. The predicted molar refractivity (Wildman–Crippen MR) is 123 cm³/mol. The number of imidazole rings is 1. The molecular formula is C25H23N5O4. The number of hydrogen-bond acceptors (Lipinski definition) is 7. The molecular weight excluding hydrogens is 434 g/mol. The largest absolute Gasteiger partial charge is 0.371 e. The van der Waals surface area contributed by atoms with Crippen LogP contribution in [0.2, 0.25) is 0 Å². The molecule has 9 nitrogen and oxygen atoms in total. The Bertz CT molecular complexity index is 1300. The zero-order valence-corrected chi connectivity index (χ0v) is 18.3. The minimum absolute atomic E-state index is 0.0200. The van der Waals surface area contributed by atoms with E-state index in [0.717, 1.165) is 12.0 Å². The third-order valence-electron chi connectivity index (χ3n) is 6.22. The monoisotopic (exact) mass is 457 g/mol. The summed E-state index contributed by atoms with van der Waals surface area (Å²) in [6, 6.07) is 18.9. The number of rotatable bonds is 4. The smallest absolute Gasteiger partial charge is 0.256 e. The molecule has 172 valence electrons. The van der Waals surface area contributed by atoms with Gasteiger partial charge in [0.25, 0.3) is 5.91 Å². The predicted octanol–water partition coefficient (Wildman–Crippen LogP) is 3.52. The summed E-state index contributed by atoms with van der Waals surface area (Å²) < 4.78 is 20.2. The van der Waals surface area contributed by atoms with E-state index in [2.05, 4.69) is 20.3 Å². The highest BCUT2D eigenvalue weighted by molar-refractivity contribution is 6.06. The molecule has 2 saturated heterocycles. The normalized spacial score (nSPS) is 24.5. The number of anilines is 1. The van der Waals surface area contributed by atoms with Crippen molar-refractivity contribution < 1.29 is 19.0 Å². The molecule has 0 radical (unpaired) electrons. The minimum Gasteiger partial charge on any atom is -0.371 e. The first-order chi connectivity index (χ1) is 16.8. The number of benzene rings is 2. The first-order valence-electron chi connectivity index (χ1n) is 11.2. The summed E-state index contributed by atoms with van der Waals surface area (Å²) in [6.45, 7) is 0.977. The van der Waals surface area contributed by atoms with Crippen LogP contribution in [-0.4, -0.2) is 50.8 Å². The maximum atomic E-state index is 12.6. The van der Waals surface area contributed by atoms with Crippen LogP contribution in [0.3, 0.4) is 0 Å². The summed E-state index contributed by atoms with van der Waals surface area (Å²) in [5.41, 5.74) is 2.70. The second kappa shape index (κ2) is 8.94. The van der Waals surface area contributed by atoms with Gasteiger partial charge in [-0.1, -0.05) is 48.5 Å². The molecule has 4 atom stereocenters. The number of hydrogen-bond donors (Lipinski definition) is 1. The standard InChI is InChI=1S/C25H23N5O4/c31-24(16-7-3-1-4-8-16)29-22-21-23(27-14-26-22)30(15-28-21)18-11-19-20(32-12-18)13-33-25(34-19)17-9-5-2-6-10-17/h1-10,14-15,18-20,25H,11-13H2,(H,26,27,29,31). The van der Waals surface area contributed by atoms with Crippen LogP contribution in [0.25, 0.3) is 11.2 Å². The molecule has 0 bridgehead atoms. The lowest BCUT2D eigenvalue weighted by atomic mass is 10.0. The third-order valence-corrected chi connectivity index (χ3v) is 6.22. The minimum atomic E-state index is -0.411. The summed E-state index contributed by atoms with van der Waals surface area (Å²) in [6.07, 6.45) is 3.25. The number of carbonyl (C=O) groups excluding carboxylic acids is 1. The molecule has 0 aliphatic carbocycles. The number of ether oxygens (including phenoxy) is 3. The summed E-state index contributed by atoms with van der Waals surface area (Å²) >= 11 is 0. The van der Waals surface area contributed by atoms with Crippen LogP contribution in [0.4, 0.5) is 5.82 Å². The van der Waals surface area contributed by atoms with E-state index in [9.17, 15) is 4.79 Å². The molecule has 1 N–H and O–H groups in total. The molecule has 9 heteroatoms. The second-order valence-electron chi connectivity index (χ2n) is 8.38. The Labute approximate surface area is 195 Å². The number of nitrogens with one attached hydrogen (secondary N) is 1. The van der Waals surface area contributed by atoms with Crippen molar-refractivity contribution in [1.82, 2.24) is 19.5 Å². The van der Waals surface area contributed by atoms with E-state index in [-0.39, 0.29) is 24.2 Å². The van der Waals surface area contributed by atoms with E-state index in [4.69, 9.17) is 14.2 Å². The van der Waals surface area contributed by atoms with Gasteiger partial charge in [-0.25, -0.2) is 15.0 Å². The van der Waals surface area contributed by atoms with E-state index in [1.807, 2.05) is 53.1 Å². The maximum absolute atomic E-state index is 12.6. The van der Waals surface area contributed by atoms with Gasteiger partial charge >= 0.3 is 0 Å². The summed E-state index contributed by atoms with van der Waals surface area (Å²) in [5, 5.41) is 2.85. The fraction of sp³-hybridized carbons (Fsp3) is 0.280. The van der Waals surface area contributed by atoms with E-state index >= 15 is 0 Å². The van der Waals surface area contributed by atoms with Gasteiger partial charge in [-0.05, 0) is 18.6 Å². The van der Waals surface area contributed by atoms with Gasteiger partial charge < -0.3 is 24.1 Å². The Balaban J connectivity index is 1.22. The van der Waals surface area contributed by atoms with Gasteiger partial charge in [0.15, 0.2) is 23.3 Å². The van der Waals surface area contributed by atoms with Gasteiger partial charge in [0, 0.05) is 11.1 Å². The van der Waals surface area contributed by atoms with Crippen LogP contribution < -0.4 is 5.32 Å². The van der Waals surface area contributed by atoms with Crippen LogP contribution in [0.15, 0.2) is 73.3 Å². The van der Waals surface area contributed by atoms with Crippen LogP contribution in [0, 0.1) is 0 Å². The van der Waals surface area contributed by atoms with Crippen molar-refractivity contribution in [2.45, 2.75) is 31.0 Å². The zero-order chi connectivity index (χ0) is 22.9. The topological polar surface area (TPSA) is 100 Å². The fourth-order valence-corrected chi connectivity index (χ4v) is 4.47. The van der Waals surface area contributed by atoms with Crippen molar-refractivity contribution >= 4 is 22.9 Å². The third kappa shape index (κ3) is 3.94. The van der Waals surface area contributed by atoms with Gasteiger partial charge in [0.1, 0.15) is 12.4 Å². The van der Waals surface area contributed by atoms with Crippen molar-refractivity contribution in [2.75, 3.05) is 18.5 Å². The Morgan fingerprint density at radius 1 is 0.912 bits per heavy atom. The van der Waals surface area contributed by atoms with Crippen molar-refractivity contribution in [1.29, 1.82) is 0 Å². The summed E-state index contributed by atoms with van der Waals surface area (Å²) in [7, 11) is 0. The second-order valence-corrected chi connectivity index (χ2v) is 8.38. The molecule has 2 fully saturated rings. The first-order valence-corrected chi connectivity index (χ1v) is 11.2. The van der Waals surface area contributed by atoms with E-state index in [0.29, 0.717) is 35.8 Å². The molecule has 2 aromatic heterocycles. The number of carbonyl (C=O) groups is 1. The highest BCUT2D eigenvalue weighted by Crippen LogP contribution is 2.36.